The molecule has 1 atom stereocenters. The first kappa shape index (κ1) is 15.3. The minimum atomic E-state index is -0.126. The molecule has 0 aromatic carbocycles. The molecule has 122 valence electrons. The summed E-state index contributed by atoms with van der Waals surface area (Å²) < 4.78 is 5.11. The van der Waals surface area contributed by atoms with Crippen molar-refractivity contribution in [2.75, 3.05) is 30.4 Å². The molecule has 0 radical (unpaired) electrons. The molecule has 2 aromatic rings. The van der Waals surface area contributed by atoms with Gasteiger partial charge >= 0.3 is 0 Å². The van der Waals surface area contributed by atoms with Gasteiger partial charge in [0.1, 0.15) is 0 Å². The van der Waals surface area contributed by atoms with E-state index in [1.165, 1.54) is 6.07 Å². The lowest BCUT2D eigenvalue weighted by atomic mass is 10.1. The van der Waals surface area contributed by atoms with Crippen molar-refractivity contribution >= 4 is 11.9 Å². The van der Waals surface area contributed by atoms with Crippen molar-refractivity contribution in [2.45, 2.75) is 25.8 Å². The average Bonchev–Trinajstić information content (AvgIpc) is 2.54. The van der Waals surface area contributed by atoms with Crippen molar-refractivity contribution in [1.29, 1.82) is 0 Å². The van der Waals surface area contributed by atoms with Gasteiger partial charge < -0.3 is 15.0 Å². The number of ether oxygens (including phenoxy) is 1. The molecular weight excluding hydrogens is 296 g/mol. The number of aromatic nitrogens is 4. The molecule has 1 aliphatic heterocycles. The van der Waals surface area contributed by atoms with Gasteiger partial charge in [-0.15, -0.1) is 0 Å². The molecule has 0 saturated carbocycles. The molecule has 23 heavy (non-hydrogen) atoms. The van der Waals surface area contributed by atoms with Gasteiger partial charge in [0.05, 0.1) is 7.11 Å². The predicted octanol–water partition coefficient (Wildman–Crippen LogP) is 0.958. The fourth-order valence-electron chi connectivity index (χ4n) is 2.71. The van der Waals surface area contributed by atoms with Gasteiger partial charge in [-0.2, -0.15) is 4.98 Å². The molecular formula is C15H20N6O2. The fraction of sp³-hybridized carbons (Fsp3) is 0.467. The van der Waals surface area contributed by atoms with Crippen LogP contribution in [0.1, 0.15) is 18.5 Å². The molecule has 1 aliphatic rings. The zero-order chi connectivity index (χ0) is 16.2. The van der Waals surface area contributed by atoms with Crippen LogP contribution in [0, 0.1) is 6.92 Å². The van der Waals surface area contributed by atoms with Gasteiger partial charge in [-0.05, 0) is 19.8 Å². The van der Waals surface area contributed by atoms with E-state index in [0.29, 0.717) is 17.8 Å². The highest BCUT2D eigenvalue weighted by atomic mass is 16.5. The summed E-state index contributed by atoms with van der Waals surface area (Å²) in [5.74, 6) is 1.69. The monoisotopic (exact) mass is 316 g/mol. The Balaban J connectivity index is 1.71. The summed E-state index contributed by atoms with van der Waals surface area (Å²) in [6.45, 7) is 3.42. The summed E-state index contributed by atoms with van der Waals surface area (Å²) in [6, 6.07) is 3.38. The fourth-order valence-corrected chi connectivity index (χ4v) is 2.71. The van der Waals surface area contributed by atoms with Gasteiger partial charge in [0.2, 0.25) is 17.8 Å². The maximum Gasteiger partial charge on any atom is 0.252 e. The number of rotatable bonds is 4. The van der Waals surface area contributed by atoms with Crippen LogP contribution in [0.15, 0.2) is 23.1 Å². The van der Waals surface area contributed by atoms with Gasteiger partial charge in [0.15, 0.2) is 0 Å². The quantitative estimate of drug-likeness (QED) is 0.867. The number of methoxy groups -OCH3 is 1. The van der Waals surface area contributed by atoms with Gasteiger partial charge in [-0.3, -0.25) is 9.78 Å². The Labute approximate surface area is 134 Å². The summed E-state index contributed by atoms with van der Waals surface area (Å²) in [6.07, 6.45) is 3.67. The molecule has 1 saturated heterocycles. The SMILES string of the molecule is COc1ccnc(NC2CCCN(c3nc(C)cc(=O)[nH]3)C2)n1. The van der Waals surface area contributed by atoms with E-state index in [4.69, 9.17) is 4.74 Å². The molecule has 3 rings (SSSR count). The Hall–Kier alpha value is -2.64. The highest BCUT2D eigenvalue weighted by molar-refractivity contribution is 5.35. The van der Waals surface area contributed by atoms with Crippen LogP contribution in [0.25, 0.3) is 0 Å². The third-order valence-electron chi connectivity index (χ3n) is 3.75. The van der Waals surface area contributed by atoms with E-state index >= 15 is 0 Å². The van der Waals surface area contributed by atoms with E-state index in [0.717, 1.165) is 31.6 Å². The number of nitrogens with zero attached hydrogens (tertiary/aromatic N) is 4. The highest BCUT2D eigenvalue weighted by Crippen LogP contribution is 2.18. The third-order valence-corrected chi connectivity index (χ3v) is 3.75. The summed E-state index contributed by atoms with van der Waals surface area (Å²) >= 11 is 0. The second kappa shape index (κ2) is 6.64. The Morgan fingerprint density at radius 3 is 3.09 bits per heavy atom. The van der Waals surface area contributed by atoms with Crippen molar-refractivity contribution in [2.24, 2.45) is 0 Å². The van der Waals surface area contributed by atoms with E-state index in [9.17, 15) is 4.79 Å². The van der Waals surface area contributed by atoms with Crippen LogP contribution in [0.3, 0.4) is 0 Å². The minimum Gasteiger partial charge on any atom is -0.481 e. The van der Waals surface area contributed by atoms with E-state index in [1.54, 1.807) is 19.4 Å². The van der Waals surface area contributed by atoms with Crippen LogP contribution < -0.4 is 20.5 Å². The number of anilines is 2. The molecule has 1 fully saturated rings. The lowest BCUT2D eigenvalue weighted by molar-refractivity contribution is 0.397. The van der Waals surface area contributed by atoms with Crippen LogP contribution in [0.4, 0.5) is 11.9 Å². The average molecular weight is 316 g/mol. The van der Waals surface area contributed by atoms with Crippen molar-refractivity contribution < 1.29 is 4.74 Å². The summed E-state index contributed by atoms with van der Waals surface area (Å²) in [5, 5.41) is 3.32. The molecule has 2 N–H and O–H groups in total. The molecule has 0 spiro atoms. The Morgan fingerprint density at radius 2 is 2.30 bits per heavy atom. The molecule has 0 bridgehead atoms. The summed E-state index contributed by atoms with van der Waals surface area (Å²) in [7, 11) is 1.58. The number of hydrogen-bond donors (Lipinski definition) is 2. The smallest absolute Gasteiger partial charge is 0.252 e. The molecule has 8 nitrogen and oxygen atoms in total. The lowest BCUT2D eigenvalue weighted by Crippen LogP contribution is -2.43. The van der Waals surface area contributed by atoms with Gasteiger partial charge in [-0.1, -0.05) is 0 Å². The standard InChI is InChI=1S/C15H20N6O2/c1-10-8-12(22)19-15(17-10)21-7-3-4-11(9-21)18-14-16-6-5-13(20-14)23-2/h5-6,8,11H,3-4,7,9H2,1-2H3,(H,16,18,20)(H,17,19,22). The topological polar surface area (TPSA) is 96.0 Å². The maximum absolute atomic E-state index is 11.6. The van der Waals surface area contributed by atoms with Crippen LogP contribution in [0.2, 0.25) is 0 Å². The summed E-state index contributed by atoms with van der Waals surface area (Å²) in [5.41, 5.74) is 0.591. The molecule has 3 heterocycles. The zero-order valence-electron chi connectivity index (χ0n) is 13.2. The van der Waals surface area contributed by atoms with Gasteiger partial charge in [-0.25, -0.2) is 9.97 Å². The minimum absolute atomic E-state index is 0.126. The van der Waals surface area contributed by atoms with Crippen LogP contribution in [-0.2, 0) is 0 Å². The first-order chi connectivity index (χ1) is 11.1. The van der Waals surface area contributed by atoms with Crippen LogP contribution in [-0.4, -0.2) is 46.2 Å². The second-order valence-corrected chi connectivity index (χ2v) is 5.56. The van der Waals surface area contributed by atoms with Gasteiger partial charge in [0.25, 0.3) is 5.56 Å². The van der Waals surface area contributed by atoms with Crippen LogP contribution in [0.5, 0.6) is 5.88 Å². The number of hydrogen-bond acceptors (Lipinski definition) is 7. The maximum atomic E-state index is 11.6. The number of piperidine rings is 1. The highest BCUT2D eigenvalue weighted by Gasteiger charge is 2.22. The Kier molecular flexibility index (Phi) is 4.40. The first-order valence-corrected chi connectivity index (χ1v) is 7.60. The molecule has 0 aliphatic carbocycles. The number of H-pyrrole nitrogens is 1. The number of aromatic amines is 1. The first-order valence-electron chi connectivity index (χ1n) is 7.60. The molecule has 1 unspecified atom stereocenters. The molecule has 0 amide bonds. The third kappa shape index (κ3) is 3.77. The van der Waals surface area contributed by atoms with Gasteiger partial charge in [0, 0.05) is 43.2 Å². The predicted molar refractivity (Wildman–Crippen MR) is 87.0 cm³/mol. The van der Waals surface area contributed by atoms with E-state index in [1.807, 2.05) is 6.92 Å². The largest absolute Gasteiger partial charge is 0.481 e. The number of aryl methyl sites for hydroxylation is 1. The zero-order valence-corrected chi connectivity index (χ0v) is 13.2. The number of nitrogens with one attached hydrogen (secondary N) is 2. The van der Waals surface area contributed by atoms with E-state index in [2.05, 4.69) is 30.2 Å². The van der Waals surface area contributed by atoms with Crippen molar-refractivity contribution in [3.63, 3.8) is 0 Å². The Bertz CT molecular complexity index is 732. The van der Waals surface area contributed by atoms with Crippen molar-refractivity contribution in [3.8, 4) is 5.88 Å². The molecule has 8 heteroatoms. The normalized spacial score (nSPS) is 17.8. The summed E-state index contributed by atoms with van der Waals surface area (Å²) in [4.78, 5) is 29.4. The van der Waals surface area contributed by atoms with Crippen molar-refractivity contribution in [1.82, 2.24) is 19.9 Å². The van der Waals surface area contributed by atoms with Crippen molar-refractivity contribution in [3.05, 3.63) is 34.4 Å². The molecule has 2 aromatic heterocycles. The second-order valence-electron chi connectivity index (χ2n) is 5.56. The van der Waals surface area contributed by atoms with Crippen LogP contribution >= 0.6 is 0 Å². The lowest BCUT2D eigenvalue weighted by Gasteiger charge is -2.33. The Morgan fingerprint density at radius 1 is 1.43 bits per heavy atom. The van der Waals surface area contributed by atoms with E-state index < -0.39 is 0 Å². The van der Waals surface area contributed by atoms with E-state index in [-0.39, 0.29) is 11.6 Å².